The van der Waals surface area contributed by atoms with Crippen LogP contribution in [-0.2, 0) is 19.1 Å². The van der Waals surface area contributed by atoms with Gasteiger partial charge in [0.05, 0.1) is 12.1 Å². The van der Waals surface area contributed by atoms with E-state index in [9.17, 15) is 27.6 Å². The molecule has 9 heteroatoms. The van der Waals surface area contributed by atoms with Crippen LogP contribution in [0.5, 0.6) is 0 Å². The van der Waals surface area contributed by atoms with E-state index in [0.29, 0.717) is 6.07 Å². The van der Waals surface area contributed by atoms with Gasteiger partial charge in [0, 0.05) is 13.5 Å². The van der Waals surface area contributed by atoms with E-state index >= 15 is 0 Å². The summed E-state index contributed by atoms with van der Waals surface area (Å²) < 4.78 is 44.0. The number of anilines is 1. The quantitative estimate of drug-likeness (QED) is 0.611. The van der Waals surface area contributed by atoms with Crippen molar-refractivity contribution in [2.45, 2.75) is 26.4 Å². The van der Waals surface area contributed by atoms with Gasteiger partial charge in [-0.15, -0.1) is 0 Å². The lowest BCUT2D eigenvalue weighted by molar-refractivity contribution is -0.153. The van der Waals surface area contributed by atoms with Crippen molar-refractivity contribution in [3.8, 4) is 0 Å². The Hall–Kier alpha value is -2.58. The first kappa shape index (κ1) is 18.5. The minimum absolute atomic E-state index is 0.0420. The summed E-state index contributed by atoms with van der Waals surface area (Å²) >= 11 is 0. The summed E-state index contributed by atoms with van der Waals surface area (Å²) in [5, 5.41) is 4.36. The van der Waals surface area contributed by atoms with Crippen molar-refractivity contribution < 1.29 is 32.3 Å². The molecular weight excluding hydrogens is 317 g/mol. The Morgan fingerprint density at radius 3 is 2.43 bits per heavy atom. The van der Waals surface area contributed by atoms with E-state index in [4.69, 9.17) is 4.74 Å². The van der Waals surface area contributed by atoms with E-state index in [1.165, 1.54) is 13.8 Å². The minimum atomic E-state index is -1.72. The Labute approximate surface area is 130 Å². The number of rotatable bonds is 6. The molecule has 0 aromatic heterocycles. The number of halogens is 3. The lowest BCUT2D eigenvalue weighted by Gasteiger charge is -2.14. The first-order chi connectivity index (χ1) is 10.7. The summed E-state index contributed by atoms with van der Waals surface area (Å²) in [6.45, 7) is 2.54. The van der Waals surface area contributed by atoms with E-state index in [2.05, 4.69) is 5.32 Å². The zero-order valence-corrected chi connectivity index (χ0v) is 12.4. The highest BCUT2D eigenvalue weighted by molar-refractivity contribution is 5.95. The van der Waals surface area contributed by atoms with Crippen LogP contribution in [-0.4, -0.2) is 30.4 Å². The zero-order valence-electron chi connectivity index (χ0n) is 12.4. The van der Waals surface area contributed by atoms with Crippen molar-refractivity contribution in [2.24, 2.45) is 0 Å². The smallest absolute Gasteiger partial charge is 0.308 e. The third kappa shape index (κ3) is 5.61. The molecule has 0 radical (unpaired) electrons. The highest BCUT2D eigenvalue weighted by Crippen LogP contribution is 2.19. The van der Waals surface area contributed by atoms with Crippen LogP contribution in [0.25, 0.3) is 0 Å². The van der Waals surface area contributed by atoms with Crippen molar-refractivity contribution in [1.82, 2.24) is 5.32 Å². The molecule has 1 aromatic carbocycles. The molecule has 0 aliphatic heterocycles. The van der Waals surface area contributed by atoms with Crippen molar-refractivity contribution in [1.29, 1.82) is 0 Å². The second-order valence-corrected chi connectivity index (χ2v) is 4.58. The average Bonchev–Trinajstić information content (AvgIpc) is 2.47. The highest BCUT2D eigenvalue weighted by Gasteiger charge is 2.21. The first-order valence-corrected chi connectivity index (χ1v) is 6.60. The van der Waals surface area contributed by atoms with Crippen molar-refractivity contribution in [3.05, 3.63) is 29.6 Å². The van der Waals surface area contributed by atoms with Crippen LogP contribution in [0.2, 0.25) is 0 Å². The van der Waals surface area contributed by atoms with E-state index in [0.717, 1.165) is 6.07 Å². The fourth-order valence-corrected chi connectivity index (χ4v) is 1.51. The molecule has 0 spiro atoms. The van der Waals surface area contributed by atoms with Gasteiger partial charge in [0.15, 0.2) is 23.6 Å². The highest BCUT2D eigenvalue weighted by atomic mass is 19.2. The third-order valence-corrected chi connectivity index (χ3v) is 2.67. The van der Waals surface area contributed by atoms with Crippen molar-refractivity contribution in [2.75, 3.05) is 11.9 Å². The van der Waals surface area contributed by atoms with Crippen LogP contribution in [0.15, 0.2) is 12.1 Å². The molecule has 0 fully saturated rings. The van der Waals surface area contributed by atoms with Crippen LogP contribution in [0.4, 0.5) is 18.9 Å². The lowest BCUT2D eigenvalue weighted by atomic mass is 10.2. The normalized spacial score (nSPS) is 11.5. The van der Waals surface area contributed by atoms with Crippen molar-refractivity contribution in [3.63, 3.8) is 0 Å². The third-order valence-electron chi connectivity index (χ3n) is 2.67. The fraction of sp³-hybridized carbons (Fsp3) is 0.357. The molecule has 0 unspecified atom stereocenters. The molecule has 1 rings (SSSR count). The van der Waals surface area contributed by atoms with Crippen LogP contribution >= 0.6 is 0 Å². The van der Waals surface area contributed by atoms with E-state index in [1.807, 2.05) is 5.32 Å². The molecule has 1 atom stereocenters. The molecule has 2 amide bonds. The number of nitrogens with one attached hydrogen (secondary N) is 2. The molecular formula is C14H15F3N2O4. The van der Waals surface area contributed by atoms with Gasteiger partial charge < -0.3 is 15.4 Å². The molecule has 0 saturated heterocycles. The van der Waals surface area contributed by atoms with Crippen LogP contribution in [0, 0.1) is 17.5 Å². The van der Waals surface area contributed by atoms with Gasteiger partial charge in [-0.2, -0.15) is 0 Å². The summed E-state index contributed by atoms with van der Waals surface area (Å²) in [5.41, 5.74) is -0.574. The second-order valence-electron chi connectivity index (χ2n) is 4.58. The van der Waals surface area contributed by atoms with Gasteiger partial charge >= 0.3 is 5.97 Å². The molecule has 23 heavy (non-hydrogen) atoms. The molecule has 2 N–H and O–H groups in total. The topological polar surface area (TPSA) is 84.5 Å². The maximum Gasteiger partial charge on any atom is 0.308 e. The van der Waals surface area contributed by atoms with Gasteiger partial charge in [-0.05, 0) is 19.1 Å². The van der Waals surface area contributed by atoms with Crippen LogP contribution in [0.1, 0.15) is 20.3 Å². The standard InChI is InChI=1S/C14H15F3N2O4/c1-7(23-11(21)5-6-18-8(2)20)14(22)19-10-4-3-9(15)12(16)13(10)17/h3-4,7H,5-6H2,1-2H3,(H,18,20)(H,19,22)/t7-/m0/s1. The summed E-state index contributed by atoms with van der Waals surface area (Å²) in [6, 6.07) is 1.50. The van der Waals surface area contributed by atoms with Gasteiger partial charge in [0.2, 0.25) is 5.91 Å². The summed E-state index contributed by atoms with van der Waals surface area (Å²) in [5.74, 6) is -6.66. The number of ether oxygens (including phenoxy) is 1. The van der Waals surface area contributed by atoms with Gasteiger partial charge in [0.1, 0.15) is 0 Å². The first-order valence-electron chi connectivity index (χ1n) is 6.60. The molecule has 0 bridgehead atoms. The fourth-order valence-electron chi connectivity index (χ4n) is 1.51. The summed E-state index contributed by atoms with van der Waals surface area (Å²) in [6.07, 6.45) is -1.44. The number of hydrogen-bond acceptors (Lipinski definition) is 4. The monoisotopic (exact) mass is 332 g/mol. The zero-order chi connectivity index (χ0) is 17.6. The van der Waals surface area contributed by atoms with Crippen LogP contribution in [0.3, 0.4) is 0 Å². The molecule has 0 heterocycles. The number of amides is 2. The number of carbonyl (C=O) groups excluding carboxylic acids is 3. The summed E-state index contributed by atoms with van der Waals surface area (Å²) in [4.78, 5) is 33.8. The largest absolute Gasteiger partial charge is 0.452 e. The average molecular weight is 332 g/mol. The molecule has 1 aromatic rings. The SMILES string of the molecule is CC(=O)NCCC(=O)O[C@@H](C)C(=O)Nc1ccc(F)c(F)c1F. The second kappa shape index (κ2) is 8.16. The minimum Gasteiger partial charge on any atom is -0.452 e. The summed E-state index contributed by atoms with van der Waals surface area (Å²) in [7, 11) is 0. The number of hydrogen-bond donors (Lipinski definition) is 2. The molecule has 0 aliphatic carbocycles. The van der Waals surface area contributed by atoms with Gasteiger partial charge in [-0.1, -0.05) is 0 Å². The lowest BCUT2D eigenvalue weighted by Crippen LogP contribution is -2.31. The van der Waals surface area contributed by atoms with Gasteiger partial charge in [0.25, 0.3) is 5.91 Å². The molecule has 126 valence electrons. The van der Waals surface area contributed by atoms with Gasteiger partial charge in [-0.25, -0.2) is 13.2 Å². The predicted molar refractivity (Wildman–Crippen MR) is 73.8 cm³/mol. The van der Waals surface area contributed by atoms with Gasteiger partial charge in [-0.3, -0.25) is 14.4 Å². The number of benzene rings is 1. The maximum absolute atomic E-state index is 13.4. The Bertz CT molecular complexity index is 622. The predicted octanol–water partition coefficient (Wildman–Crippen LogP) is 1.50. The van der Waals surface area contributed by atoms with Crippen molar-refractivity contribution >= 4 is 23.5 Å². The maximum atomic E-state index is 13.4. The Balaban J connectivity index is 2.56. The van der Waals surface area contributed by atoms with Crippen LogP contribution < -0.4 is 10.6 Å². The Morgan fingerprint density at radius 2 is 1.83 bits per heavy atom. The molecule has 0 aliphatic rings. The number of carbonyl (C=O) groups is 3. The number of esters is 1. The Kier molecular flexibility index (Phi) is 6.55. The molecule has 6 nitrogen and oxygen atoms in total. The van der Waals surface area contributed by atoms with E-state index < -0.39 is 41.1 Å². The molecule has 0 saturated carbocycles. The van der Waals surface area contributed by atoms with E-state index in [-0.39, 0.29) is 18.9 Å². The Morgan fingerprint density at radius 1 is 1.17 bits per heavy atom. The van der Waals surface area contributed by atoms with E-state index in [1.54, 1.807) is 0 Å².